The fraction of sp³-hybridized carbons (Fsp3) is 0.286. The van der Waals surface area contributed by atoms with Crippen LogP contribution in [-0.4, -0.2) is 29.1 Å². The lowest BCUT2D eigenvalue weighted by Crippen LogP contribution is -2.37. The van der Waals surface area contributed by atoms with Gasteiger partial charge in [-0.3, -0.25) is 4.90 Å². The molecule has 31 heavy (non-hydrogen) atoms. The Hall–Kier alpha value is -2.88. The molecule has 3 heteroatoms. The number of aryl methyl sites for hydroxylation is 1. The van der Waals surface area contributed by atoms with E-state index in [9.17, 15) is 5.11 Å². The summed E-state index contributed by atoms with van der Waals surface area (Å²) in [4.78, 5) is 2.29. The summed E-state index contributed by atoms with van der Waals surface area (Å²) in [5, 5.41) is 10.8. The summed E-state index contributed by atoms with van der Waals surface area (Å²) >= 11 is 0. The largest absolute Gasteiger partial charge is 0.489 e. The van der Waals surface area contributed by atoms with Crippen molar-refractivity contribution >= 4 is 0 Å². The van der Waals surface area contributed by atoms with Crippen molar-refractivity contribution in [1.29, 1.82) is 0 Å². The highest BCUT2D eigenvalue weighted by molar-refractivity contribution is 5.29. The minimum Gasteiger partial charge on any atom is -0.489 e. The number of hydrogen-bond donors (Lipinski definition) is 1. The van der Waals surface area contributed by atoms with E-state index in [1.807, 2.05) is 66.7 Å². The topological polar surface area (TPSA) is 32.7 Å². The van der Waals surface area contributed by atoms with Crippen molar-refractivity contribution in [3.63, 3.8) is 0 Å². The molecule has 0 unspecified atom stereocenters. The second kappa shape index (κ2) is 12.1. The van der Waals surface area contributed by atoms with Gasteiger partial charge in [0.15, 0.2) is 0 Å². The van der Waals surface area contributed by atoms with Crippen LogP contribution in [0.1, 0.15) is 36.1 Å². The van der Waals surface area contributed by atoms with E-state index >= 15 is 0 Å². The summed E-state index contributed by atoms with van der Waals surface area (Å²) in [5.41, 5.74) is 3.38. The van der Waals surface area contributed by atoms with Crippen molar-refractivity contribution < 1.29 is 9.84 Å². The lowest BCUT2D eigenvalue weighted by atomic mass is 10.0. The Bertz CT molecular complexity index is 893. The van der Waals surface area contributed by atoms with E-state index in [1.165, 1.54) is 5.56 Å². The maximum atomic E-state index is 10.8. The molecule has 0 bridgehead atoms. The highest BCUT2D eigenvalue weighted by Gasteiger charge is 2.18. The quantitative estimate of drug-likeness (QED) is 0.379. The third kappa shape index (κ3) is 7.39. The van der Waals surface area contributed by atoms with Crippen molar-refractivity contribution in [1.82, 2.24) is 4.90 Å². The molecule has 2 atom stereocenters. The average Bonchev–Trinajstić information content (AvgIpc) is 2.82. The van der Waals surface area contributed by atoms with Crippen LogP contribution in [0.25, 0.3) is 0 Å². The molecule has 0 heterocycles. The van der Waals surface area contributed by atoms with Gasteiger partial charge in [0.05, 0.1) is 6.10 Å². The van der Waals surface area contributed by atoms with Gasteiger partial charge in [0.1, 0.15) is 12.4 Å². The van der Waals surface area contributed by atoms with E-state index in [4.69, 9.17) is 4.74 Å². The van der Waals surface area contributed by atoms with E-state index in [2.05, 4.69) is 42.7 Å². The Balaban J connectivity index is 1.53. The zero-order chi connectivity index (χ0) is 21.9. The number of benzene rings is 3. The van der Waals surface area contributed by atoms with Gasteiger partial charge in [0.25, 0.3) is 0 Å². The maximum absolute atomic E-state index is 10.8. The lowest BCUT2D eigenvalue weighted by Gasteiger charge is -2.30. The monoisotopic (exact) mass is 415 g/mol. The number of nitrogens with zero attached hydrogens (tertiary/aromatic N) is 1. The SMILES string of the molecule is C=CCN(C[C@@H](O)c1ccc(OCc2ccccc2)cc1)[C@H](C)CCc1ccccc1. The molecule has 162 valence electrons. The Morgan fingerprint density at radius 1 is 0.903 bits per heavy atom. The van der Waals surface area contributed by atoms with Crippen LogP contribution in [-0.2, 0) is 13.0 Å². The van der Waals surface area contributed by atoms with Gasteiger partial charge in [-0.15, -0.1) is 6.58 Å². The minimum absolute atomic E-state index is 0.348. The molecule has 3 nitrogen and oxygen atoms in total. The molecule has 0 fully saturated rings. The molecule has 0 aliphatic carbocycles. The molecule has 0 amide bonds. The Morgan fingerprint density at radius 3 is 2.13 bits per heavy atom. The van der Waals surface area contributed by atoms with Gasteiger partial charge in [0.2, 0.25) is 0 Å². The summed E-state index contributed by atoms with van der Waals surface area (Å²) in [7, 11) is 0. The van der Waals surface area contributed by atoms with E-state index in [1.54, 1.807) is 0 Å². The van der Waals surface area contributed by atoms with Crippen LogP contribution >= 0.6 is 0 Å². The van der Waals surface area contributed by atoms with Gasteiger partial charge < -0.3 is 9.84 Å². The second-order valence-electron chi connectivity index (χ2n) is 7.97. The molecule has 0 saturated heterocycles. The smallest absolute Gasteiger partial charge is 0.119 e. The van der Waals surface area contributed by atoms with Crippen LogP contribution in [0.2, 0.25) is 0 Å². The van der Waals surface area contributed by atoms with Gasteiger partial charge in [-0.25, -0.2) is 0 Å². The first-order valence-corrected chi connectivity index (χ1v) is 11.0. The summed E-state index contributed by atoms with van der Waals surface area (Å²) in [6, 6.07) is 28.8. The number of aliphatic hydroxyl groups excluding tert-OH is 1. The minimum atomic E-state index is -0.553. The molecular weight excluding hydrogens is 382 g/mol. The van der Waals surface area contributed by atoms with Gasteiger partial charge >= 0.3 is 0 Å². The van der Waals surface area contributed by atoms with Crippen molar-refractivity contribution in [3.8, 4) is 5.75 Å². The van der Waals surface area contributed by atoms with Crippen LogP contribution < -0.4 is 4.74 Å². The molecule has 0 aromatic heterocycles. The Labute approximate surface area is 186 Å². The fourth-order valence-electron chi connectivity index (χ4n) is 3.66. The molecule has 1 N–H and O–H groups in total. The van der Waals surface area contributed by atoms with Crippen LogP contribution in [0, 0.1) is 0 Å². The highest BCUT2D eigenvalue weighted by atomic mass is 16.5. The van der Waals surface area contributed by atoms with Crippen LogP contribution in [0.4, 0.5) is 0 Å². The van der Waals surface area contributed by atoms with Crippen molar-refractivity contribution in [2.45, 2.75) is 38.5 Å². The third-order valence-corrected chi connectivity index (χ3v) is 5.60. The lowest BCUT2D eigenvalue weighted by molar-refractivity contribution is 0.0964. The average molecular weight is 416 g/mol. The number of aliphatic hydroxyl groups is 1. The fourth-order valence-corrected chi connectivity index (χ4v) is 3.66. The van der Waals surface area contributed by atoms with Gasteiger partial charge in [-0.2, -0.15) is 0 Å². The van der Waals surface area contributed by atoms with Crippen LogP contribution in [0.5, 0.6) is 5.75 Å². The molecule has 0 aliphatic heterocycles. The Kier molecular flexibility index (Phi) is 8.89. The standard InChI is InChI=1S/C28H33NO2/c1-3-20-29(23(2)14-15-24-10-6-4-7-11-24)21-28(30)26-16-18-27(19-17-26)31-22-25-12-8-5-9-13-25/h3-13,16-19,23,28,30H,1,14-15,20-22H2,2H3/t23-,28-/m1/s1. The van der Waals surface area contributed by atoms with Crippen LogP contribution in [0.3, 0.4) is 0 Å². The summed E-state index contributed by atoms with van der Waals surface area (Å²) in [6.45, 7) is 7.99. The van der Waals surface area contributed by atoms with E-state index in [0.717, 1.165) is 36.3 Å². The molecule has 0 saturated carbocycles. The summed E-state index contributed by atoms with van der Waals surface area (Å²) in [6.07, 6.45) is 3.42. The first-order chi connectivity index (χ1) is 15.2. The van der Waals surface area contributed by atoms with Gasteiger partial charge in [-0.1, -0.05) is 78.9 Å². The van der Waals surface area contributed by atoms with Gasteiger partial charge in [-0.05, 0) is 48.6 Å². The van der Waals surface area contributed by atoms with Crippen molar-refractivity contribution in [2.75, 3.05) is 13.1 Å². The molecule has 0 spiro atoms. The number of rotatable bonds is 12. The summed E-state index contributed by atoms with van der Waals surface area (Å²) in [5.74, 6) is 0.805. The van der Waals surface area contributed by atoms with E-state index in [-0.39, 0.29) is 0 Å². The first-order valence-electron chi connectivity index (χ1n) is 11.0. The molecule has 0 aliphatic rings. The zero-order valence-corrected chi connectivity index (χ0v) is 18.4. The Morgan fingerprint density at radius 2 is 1.52 bits per heavy atom. The second-order valence-corrected chi connectivity index (χ2v) is 7.97. The highest BCUT2D eigenvalue weighted by Crippen LogP contribution is 2.21. The van der Waals surface area contributed by atoms with Crippen molar-refractivity contribution in [3.05, 3.63) is 114 Å². The number of ether oxygens (including phenoxy) is 1. The maximum Gasteiger partial charge on any atom is 0.119 e. The third-order valence-electron chi connectivity index (χ3n) is 5.60. The normalized spacial score (nSPS) is 13.0. The number of hydrogen-bond acceptors (Lipinski definition) is 3. The molecule has 3 aromatic carbocycles. The predicted octanol–water partition coefficient (Wildman–Crippen LogP) is 5.81. The van der Waals surface area contributed by atoms with E-state index in [0.29, 0.717) is 19.2 Å². The summed E-state index contributed by atoms with van der Waals surface area (Å²) < 4.78 is 5.85. The van der Waals surface area contributed by atoms with Crippen LogP contribution in [0.15, 0.2) is 97.6 Å². The first kappa shape index (κ1) is 22.8. The van der Waals surface area contributed by atoms with Gasteiger partial charge in [0, 0.05) is 19.1 Å². The molecule has 0 radical (unpaired) electrons. The zero-order valence-electron chi connectivity index (χ0n) is 18.4. The molecular formula is C28H33NO2. The van der Waals surface area contributed by atoms with E-state index < -0.39 is 6.10 Å². The molecule has 3 rings (SSSR count). The molecule has 3 aromatic rings. The van der Waals surface area contributed by atoms with Crippen molar-refractivity contribution in [2.24, 2.45) is 0 Å². The predicted molar refractivity (Wildman–Crippen MR) is 128 cm³/mol.